The molecule has 11 heteroatoms. The summed E-state index contributed by atoms with van der Waals surface area (Å²) in [4.78, 5) is 78.5. The van der Waals surface area contributed by atoms with Crippen LogP contribution in [0.5, 0.6) is 0 Å². The van der Waals surface area contributed by atoms with Crippen LogP contribution in [0.25, 0.3) is 10.8 Å². The smallest absolute Gasteiger partial charge is 0.322 e. The van der Waals surface area contributed by atoms with Crippen LogP contribution in [0.4, 0.5) is 0 Å². The molecule has 228 valence electrons. The third kappa shape index (κ3) is 7.21. The van der Waals surface area contributed by atoms with E-state index in [1.54, 1.807) is 97.1 Å². The molecule has 4 aromatic carbocycles. The Hall–Kier alpha value is -5.84. The molecule has 4 N–H and O–H groups in total. The standard InChI is InChI=1S/C34H30N4O7/c39-28(20-38-33(44)24-15-7-13-23-14-8-16-25(30(23)24)34(38)45)36-27(18-22-11-5-2-6-12-22)32(43)37-26(31(42)35-19-29(40)41)17-21-9-3-1-4-10-21/h1-16,26-27H,17-20H2,(H,35,42)(H,36,39)(H,37,43)(H,40,41)/t26-,27-/m0/s1. The van der Waals surface area contributed by atoms with Crippen molar-refractivity contribution in [2.45, 2.75) is 24.9 Å². The van der Waals surface area contributed by atoms with Crippen molar-refractivity contribution in [1.29, 1.82) is 0 Å². The van der Waals surface area contributed by atoms with Gasteiger partial charge in [0, 0.05) is 29.4 Å². The Labute approximate surface area is 258 Å². The molecule has 5 rings (SSSR count). The molecule has 0 saturated heterocycles. The maximum absolute atomic E-state index is 13.7. The second-order valence-electron chi connectivity index (χ2n) is 10.6. The number of hydrogen-bond donors (Lipinski definition) is 4. The van der Waals surface area contributed by atoms with E-state index in [-0.39, 0.29) is 12.8 Å². The lowest BCUT2D eigenvalue weighted by Crippen LogP contribution is -2.56. The van der Waals surface area contributed by atoms with Crippen LogP contribution in [0.2, 0.25) is 0 Å². The summed E-state index contributed by atoms with van der Waals surface area (Å²) in [6, 6.07) is 25.6. The lowest BCUT2D eigenvalue weighted by molar-refractivity contribution is -0.138. The molecule has 1 aliphatic rings. The van der Waals surface area contributed by atoms with Crippen molar-refractivity contribution in [3.63, 3.8) is 0 Å². The quantitative estimate of drug-likeness (QED) is 0.180. The van der Waals surface area contributed by atoms with E-state index >= 15 is 0 Å². The molecule has 0 fully saturated rings. The average molecular weight is 607 g/mol. The number of carbonyl (C=O) groups excluding carboxylic acids is 5. The minimum absolute atomic E-state index is 0.0389. The first-order valence-electron chi connectivity index (χ1n) is 14.3. The van der Waals surface area contributed by atoms with Gasteiger partial charge in [-0.25, -0.2) is 0 Å². The molecular weight excluding hydrogens is 576 g/mol. The molecule has 5 amide bonds. The zero-order valence-electron chi connectivity index (χ0n) is 24.1. The minimum Gasteiger partial charge on any atom is -0.480 e. The number of carboxylic acid groups (broad SMARTS) is 1. The van der Waals surface area contributed by atoms with Crippen molar-refractivity contribution in [3.8, 4) is 0 Å². The van der Waals surface area contributed by atoms with Crippen LogP contribution in [0, 0.1) is 0 Å². The Balaban J connectivity index is 1.35. The molecule has 0 radical (unpaired) electrons. The van der Waals surface area contributed by atoms with E-state index in [1.807, 2.05) is 0 Å². The Morgan fingerprint density at radius 3 is 1.67 bits per heavy atom. The monoisotopic (exact) mass is 606 g/mol. The molecule has 11 nitrogen and oxygen atoms in total. The average Bonchev–Trinajstić information content (AvgIpc) is 3.04. The van der Waals surface area contributed by atoms with Crippen molar-refractivity contribution in [2.24, 2.45) is 0 Å². The van der Waals surface area contributed by atoms with Gasteiger partial charge in [-0.15, -0.1) is 0 Å². The first kappa shape index (κ1) is 30.6. The van der Waals surface area contributed by atoms with Gasteiger partial charge in [-0.2, -0.15) is 0 Å². The highest BCUT2D eigenvalue weighted by Crippen LogP contribution is 2.29. The van der Waals surface area contributed by atoms with Crippen LogP contribution in [-0.2, 0) is 32.0 Å². The first-order chi connectivity index (χ1) is 21.7. The van der Waals surface area contributed by atoms with Gasteiger partial charge in [-0.05, 0) is 28.6 Å². The fourth-order valence-corrected chi connectivity index (χ4v) is 5.28. The van der Waals surface area contributed by atoms with Gasteiger partial charge in [-0.1, -0.05) is 84.9 Å². The largest absolute Gasteiger partial charge is 0.480 e. The molecule has 0 aromatic heterocycles. The summed E-state index contributed by atoms with van der Waals surface area (Å²) in [6.45, 7) is -1.27. The summed E-state index contributed by atoms with van der Waals surface area (Å²) in [5.74, 6) is -4.66. The molecular formula is C34H30N4O7. The van der Waals surface area contributed by atoms with Gasteiger partial charge in [-0.3, -0.25) is 33.7 Å². The zero-order chi connectivity index (χ0) is 31.9. The summed E-state index contributed by atoms with van der Waals surface area (Å²) in [5.41, 5.74) is 2.02. The Morgan fingerprint density at radius 1 is 0.644 bits per heavy atom. The number of carboxylic acids is 1. The molecule has 0 spiro atoms. The summed E-state index contributed by atoms with van der Waals surface area (Å²) in [6.07, 6.45) is 0.100. The Kier molecular flexibility index (Phi) is 9.28. The SMILES string of the molecule is O=C(O)CNC(=O)[C@H](Cc1ccccc1)NC(=O)[C@H](Cc1ccccc1)NC(=O)CN1C(=O)c2cccc3cccc(c23)C1=O. The maximum Gasteiger partial charge on any atom is 0.322 e. The second kappa shape index (κ2) is 13.6. The molecule has 0 saturated carbocycles. The van der Waals surface area contributed by atoms with E-state index in [4.69, 9.17) is 5.11 Å². The molecule has 4 aromatic rings. The number of imide groups is 1. The fourth-order valence-electron chi connectivity index (χ4n) is 5.28. The zero-order valence-corrected chi connectivity index (χ0v) is 24.1. The molecule has 0 bridgehead atoms. The number of rotatable bonds is 12. The van der Waals surface area contributed by atoms with E-state index in [2.05, 4.69) is 16.0 Å². The normalized spacial score (nSPS) is 13.6. The number of carbonyl (C=O) groups is 6. The predicted octanol–water partition coefficient (Wildman–Crippen LogP) is 2.09. The minimum atomic E-state index is -1.25. The van der Waals surface area contributed by atoms with Crippen LogP contribution in [0.3, 0.4) is 0 Å². The van der Waals surface area contributed by atoms with Crippen LogP contribution < -0.4 is 16.0 Å². The van der Waals surface area contributed by atoms with E-state index < -0.39 is 60.7 Å². The highest BCUT2D eigenvalue weighted by atomic mass is 16.4. The Morgan fingerprint density at radius 2 is 1.16 bits per heavy atom. The maximum atomic E-state index is 13.7. The van der Waals surface area contributed by atoms with Gasteiger partial charge in [0.15, 0.2) is 0 Å². The van der Waals surface area contributed by atoms with E-state index in [1.165, 1.54) is 0 Å². The number of amides is 5. The van der Waals surface area contributed by atoms with Crippen molar-refractivity contribution in [3.05, 3.63) is 119 Å². The van der Waals surface area contributed by atoms with Crippen molar-refractivity contribution in [1.82, 2.24) is 20.9 Å². The number of nitrogens with one attached hydrogen (secondary N) is 3. The predicted molar refractivity (Wildman–Crippen MR) is 164 cm³/mol. The van der Waals surface area contributed by atoms with E-state index in [0.717, 1.165) is 10.3 Å². The molecule has 0 unspecified atom stereocenters. The fraction of sp³-hybridized carbons (Fsp3) is 0.176. The molecule has 1 heterocycles. The number of hydrogen-bond acceptors (Lipinski definition) is 6. The van der Waals surface area contributed by atoms with Gasteiger partial charge >= 0.3 is 5.97 Å². The summed E-state index contributed by atoms with van der Waals surface area (Å²) in [7, 11) is 0. The molecule has 45 heavy (non-hydrogen) atoms. The van der Waals surface area contributed by atoms with Crippen molar-refractivity contribution < 1.29 is 33.9 Å². The van der Waals surface area contributed by atoms with E-state index in [9.17, 15) is 28.8 Å². The van der Waals surface area contributed by atoms with E-state index in [0.29, 0.717) is 27.6 Å². The van der Waals surface area contributed by atoms with Crippen molar-refractivity contribution in [2.75, 3.05) is 13.1 Å². The number of nitrogens with zero attached hydrogens (tertiary/aromatic N) is 1. The third-order valence-corrected chi connectivity index (χ3v) is 7.42. The highest BCUT2D eigenvalue weighted by molar-refractivity contribution is 6.26. The summed E-state index contributed by atoms with van der Waals surface area (Å²) >= 11 is 0. The first-order valence-corrected chi connectivity index (χ1v) is 14.3. The van der Waals surface area contributed by atoms with Gasteiger partial charge < -0.3 is 21.1 Å². The van der Waals surface area contributed by atoms with Crippen LogP contribution in [0.1, 0.15) is 31.8 Å². The Bertz CT molecular complexity index is 1720. The second-order valence-corrected chi connectivity index (χ2v) is 10.6. The topological polar surface area (TPSA) is 162 Å². The van der Waals surface area contributed by atoms with Gasteiger partial charge in [0.1, 0.15) is 25.2 Å². The highest BCUT2D eigenvalue weighted by Gasteiger charge is 2.35. The number of aliphatic carboxylic acids is 1. The summed E-state index contributed by atoms with van der Waals surface area (Å²) in [5, 5.41) is 17.9. The van der Waals surface area contributed by atoms with Gasteiger partial charge in [0.2, 0.25) is 17.7 Å². The van der Waals surface area contributed by atoms with Gasteiger partial charge in [0.25, 0.3) is 11.8 Å². The van der Waals surface area contributed by atoms with Crippen molar-refractivity contribution >= 4 is 46.3 Å². The molecule has 1 aliphatic heterocycles. The van der Waals surface area contributed by atoms with Crippen LogP contribution >= 0.6 is 0 Å². The molecule has 0 aliphatic carbocycles. The van der Waals surface area contributed by atoms with Crippen LogP contribution in [-0.4, -0.2) is 70.7 Å². The van der Waals surface area contributed by atoms with Gasteiger partial charge in [0.05, 0.1) is 0 Å². The summed E-state index contributed by atoms with van der Waals surface area (Å²) < 4.78 is 0. The lowest BCUT2D eigenvalue weighted by atomic mass is 9.94. The third-order valence-electron chi connectivity index (χ3n) is 7.42. The lowest BCUT2D eigenvalue weighted by Gasteiger charge is -2.28. The number of benzene rings is 4. The van der Waals surface area contributed by atoms with Crippen LogP contribution in [0.15, 0.2) is 97.1 Å². The molecule has 2 atom stereocenters.